The first-order chi connectivity index (χ1) is 10.6. The van der Waals surface area contributed by atoms with E-state index in [1.165, 1.54) is 0 Å². The van der Waals surface area contributed by atoms with Crippen molar-refractivity contribution in [1.82, 2.24) is 9.88 Å². The third-order valence-corrected chi connectivity index (χ3v) is 4.07. The molecule has 1 aromatic heterocycles. The third-order valence-electron chi connectivity index (χ3n) is 3.48. The molecule has 0 saturated carbocycles. The summed E-state index contributed by atoms with van der Waals surface area (Å²) in [7, 11) is 1.81. The third kappa shape index (κ3) is 5.00. The zero-order chi connectivity index (χ0) is 15.9. The first kappa shape index (κ1) is 16.8. The maximum absolute atomic E-state index is 12.2. The van der Waals surface area contributed by atoms with Crippen LogP contribution in [0.5, 0.6) is 0 Å². The van der Waals surface area contributed by atoms with Crippen molar-refractivity contribution in [2.24, 2.45) is 0 Å². The number of aryl methyl sites for hydroxylation is 1. The highest BCUT2D eigenvalue weighted by atomic mass is 35.5. The van der Waals surface area contributed by atoms with Gasteiger partial charge in [-0.1, -0.05) is 35.3 Å². The molecule has 1 heterocycles. The van der Waals surface area contributed by atoms with Crippen molar-refractivity contribution in [3.8, 4) is 0 Å². The number of benzene rings is 1. The van der Waals surface area contributed by atoms with Gasteiger partial charge in [0.1, 0.15) is 0 Å². The highest BCUT2D eigenvalue weighted by Crippen LogP contribution is 2.22. The zero-order valence-corrected chi connectivity index (χ0v) is 13.9. The van der Waals surface area contributed by atoms with Crippen LogP contribution in [0.1, 0.15) is 17.7 Å². The van der Waals surface area contributed by atoms with Crippen LogP contribution in [0.15, 0.2) is 42.6 Å². The number of likely N-dealkylation sites (N-methyl/N-ethyl adjacent to an activating group) is 1. The van der Waals surface area contributed by atoms with Crippen molar-refractivity contribution < 1.29 is 4.79 Å². The van der Waals surface area contributed by atoms with Gasteiger partial charge in [-0.25, -0.2) is 0 Å². The van der Waals surface area contributed by atoms with Gasteiger partial charge in [0.25, 0.3) is 0 Å². The number of carbonyl (C=O) groups is 1. The van der Waals surface area contributed by atoms with Crippen LogP contribution >= 0.6 is 23.2 Å². The van der Waals surface area contributed by atoms with E-state index in [-0.39, 0.29) is 5.91 Å². The van der Waals surface area contributed by atoms with E-state index in [4.69, 9.17) is 23.2 Å². The Labute approximate surface area is 140 Å². The first-order valence-electron chi connectivity index (χ1n) is 7.14. The molecule has 0 radical (unpaired) electrons. The number of hydrogen-bond acceptors (Lipinski definition) is 2. The first-order valence-corrected chi connectivity index (χ1v) is 7.89. The van der Waals surface area contributed by atoms with E-state index >= 15 is 0 Å². The molecule has 1 amide bonds. The van der Waals surface area contributed by atoms with Crippen LogP contribution in [0.4, 0.5) is 0 Å². The molecule has 0 N–H and O–H groups in total. The second-order valence-electron chi connectivity index (χ2n) is 5.12. The van der Waals surface area contributed by atoms with Gasteiger partial charge in [-0.2, -0.15) is 0 Å². The smallest absolute Gasteiger partial charge is 0.222 e. The minimum Gasteiger partial charge on any atom is -0.345 e. The number of rotatable bonds is 6. The molecule has 0 atom stereocenters. The zero-order valence-electron chi connectivity index (χ0n) is 12.4. The fourth-order valence-electron chi connectivity index (χ4n) is 2.11. The Kier molecular flexibility index (Phi) is 6.22. The normalized spacial score (nSPS) is 10.5. The van der Waals surface area contributed by atoms with Crippen molar-refractivity contribution in [1.29, 1.82) is 0 Å². The Hall–Kier alpha value is -1.58. The summed E-state index contributed by atoms with van der Waals surface area (Å²) in [5.74, 6) is 0.0990. The lowest BCUT2D eigenvalue weighted by molar-refractivity contribution is -0.129. The van der Waals surface area contributed by atoms with Crippen LogP contribution in [-0.4, -0.2) is 29.4 Å². The van der Waals surface area contributed by atoms with E-state index in [2.05, 4.69) is 4.98 Å². The van der Waals surface area contributed by atoms with Gasteiger partial charge in [0.2, 0.25) is 5.91 Å². The molecule has 5 heteroatoms. The Morgan fingerprint density at radius 3 is 2.68 bits per heavy atom. The number of aromatic nitrogens is 1. The lowest BCUT2D eigenvalue weighted by atomic mass is 10.1. The maximum atomic E-state index is 12.2. The van der Waals surface area contributed by atoms with Gasteiger partial charge in [0.05, 0.1) is 0 Å². The van der Waals surface area contributed by atoms with E-state index in [1.54, 1.807) is 23.2 Å². The summed E-state index contributed by atoms with van der Waals surface area (Å²) in [6.07, 6.45) is 3.56. The number of hydrogen-bond donors (Lipinski definition) is 0. The maximum Gasteiger partial charge on any atom is 0.222 e. The fraction of sp³-hybridized carbons (Fsp3) is 0.294. The van der Waals surface area contributed by atoms with Gasteiger partial charge >= 0.3 is 0 Å². The second-order valence-corrected chi connectivity index (χ2v) is 5.97. The molecule has 2 rings (SSSR count). The predicted octanol–water partition coefficient (Wildman–Crippen LogP) is 4.02. The highest BCUT2D eigenvalue weighted by Gasteiger charge is 2.10. The largest absolute Gasteiger partial charge is 0.345 e. The van der Waals surface area contributed by atoms with Crippen LogP contribution in [0.25, 0.3) is 0 Å². The van der Waals surface area contributed by atoms with Crippen molar-refractivity contribution in [2.45, 2.75) is 19.3 Å². The molecule has 0 bridgehead atoms. The molecule has 0 aliphatic carbocycles. The summed E-state index contributed by atoms with van der Waals surface area (Å²) in [5, 5.41) is 1.21. The van der Waals surface area contributed by atoms with Crippen LogP contribution in [0.2, 0.25) is 10.0 Å². The molecule has 2 aromatic rings. The summed E-state index contributed by atoms with van der Waals surface area (Å²) in [6.45, 7) is 0.657. The molecule has 0 aliphatic rings. The summed E-state index contributed by atoms with van der Waals surface area (Å²) in [6, 6.07) is 11.2. The molecule has 0 saturated heterocycles. The van der Waals surface area contributed by atoms with Crippen molar-refractivity contribution in [3.05, 3.63) is 63.9 Å². The molecule has 3 nitrogen and oxygen atoms in total. The average molecular weight is 337 g/mol. The Balaban J connectivity index is 1.81. The van der Waals surface area contributed by atoms with E-state index in [1.807, 2.05) is 31.3 Å². The molecular weight excluding hydrogens is 319 g/mol. The molecule has 0 spiro atoms. The van der Waals surface area contributed by atoms with Gasteiger partial charge in [-0.3, -0.25) is 9.78 Å². The fourth-order valence-corrected chi connectivity index (χ4v) is 2.61. The van der Waals surface area contributed by atoms with Gasteiger partial charge < -0.3 is 4.90 Å². The highest BCUT2D eigenvalue weighted by molar-refractivity contribution is 6.35. The number of nitrogens with zero attached hydrogens (tertiary/aromatic N) is 2. The number of carbonyl (C=O) groups excluding carboxylic acids is 1. The quantitative estimate of drug-likeness (QED) is 0.798. The molecule has 22 heavy (non-hydrogen) atoms. The van der Waals surface area contributed by atoms with Crippen molar-refractivity contribution in [3.63, 3.8) is 0 Å². The average Bonchev–Trinajstić information content (AvgIpc) is 2.52. The Morgan fingerprint density at radius 1 is 1.18 bits per heavy atom. The van der Waals surface area contributed by atoms with Crippen LogP contribution in [0.3, 0.4) is 0 Å². The molecule has 0 unspecified atom stereocenters. The molecule has 0 fully saturated rings. The minimum absolute atomic E-state index is 0.0990. The van der Waals surface area contributed by atoms with Crippen molar-refractivity contribution in [2.75, 3.05) is 13.6 Å². The minimum atomic E-state index is 0.0990. The van der Waals surface area contributed by atoms with Crippen LogP contribution < -0.4 is 0 Å². The lowest BCUT2D eigenvalue weighted by Gasteiger charge is -2.17. The second kappa shape index (κ2) is 8.16. The molecular formula is C17H18Cl2N2O. The van der Waals surface area contributed by atoms with E-state index < -0.39 is 0 Å². The van der Waals surface area contributed by atoms with Gasteiger partial charge in [0, 0.05) is 48.4 Å². The predicted molar refractivity (Wildman–Crippen MR) is 90.4 cm³/mol. The topological polar surface area (TPSA) is 33.2 Å². The molecule has 116 valence electrons. The number of pyridine rings is 1. The van der Waals surface area contributed by atoms with Crippen molar-refractivity contribution >= 4 is 29.1 Å². The molecule has 1 aromatic carbocycles. The van der Waals surface area contributed by atoms with Crippen LogP contribution in [-0.2, 0) is 17.6 Å². The molecule has 0 aliphatic heterocycles. The monoisotopic (exact) mass is 336 g/mol. The number of halogens is 2. The Morgan fingerprint density at radius 2 is 2.00 bits per heavy atom. The van der Waals surface area contributed by atoms with Gasteiger partial charge in [0.15, 0.2) is 0 Å². The number of amides is 1. The van der Waals surface area contributed by atoms with Gasteiger partial charge in [-0.15, -0.1) is 0 Å². The lowest BCUT2D eigenvalue weighted by Crippen LogP contribution is -2.29. The van der Waals surface area contributed by atoms with E-state index in [0.29, 0.717) is 29.4 Å². The summed E-state index contributed by atoms with van der Waals surface area (Å²) in [5.41, 5.74) is 1.93. The van der Waals surface area contributed by atoms with Gasteiger partial charge in [-0.05, 0) is 36.2 Å². The Bertz CT molecular complexity index is 632. The van der Waals surface area contributed by atoms with E-state index in [0.717, 1.165) is 17.7 Å². The SMILES string of the molecule is CN(CCc1ccccn1)C(=O)CCc1ccc(Cl)cc1Cl. The van der Waals surface area contributed by atoms with Crippen LogP contribution in [0, 0.1) is 0 Å². The standard InChI is InChI=1S/C17H18Cl2N2O/c1-21(11-9-15-4-2-3-10-20-15)17(22)8-6-13-5-7-14(18)12-16(13)19/h2-5,7,10,12H,6,8-9,11H2,1H3. The summed E-state index contributed by atoms with van der Waals surface area (Å²) in [4.78, 5) is 18.1. The summed E-state index contributed by atoms with van der Waals surface area (Å²) >= 11 is 12.0. The van der Waals surface area contributed by atoms with E-state index in [9.17, 15) is 4.79 Å². The summed E-state index contributed by atoms with van der Waals surface area (Å²) < 4.78 is 0.